The van der Waals surface area contributed by atoms with E-state index in [9.17, 15) is 19.3 Å². The molecule has 0 heterocycles. The number of nitrogens with zero attached hydrogens (tertiary/aromatic N) is 1. The quantitative estimate of drug-likeness (QED) is 0.491. The maximum atomic E-state index is 13.3. The van der Waals surface area contributed by atoms with Gasteiger partial charge in [-0.2, -0.15) is 4.39 Å². The second-order valence-electron chi connectivity index (χ2n) is 5.42. The fourth-order valence-corrected chi connectivity index (χ4v) is 2.98. The molecule has 0 unspecified atom stereocenters. The molecule has 0 saturated carbocycles. The normalized spacial score (nSPS) is 11.8. The first kappa shape index (κ1) is 17.9. The molecule has 0 aliphatic heterocycles. The average Bonchev–Trinajstić information content (AvgIpc) is 2.52. The van der Waals surface area contributed by atoms with Gasteiger partial charge in [0.25, 0.3) is 0 Å². The molecule has 0 aromatic heterocycles. The zero-order valence-electron chi connectivity index (χ0n) is 13.5. The number of rotatable bonds is 5. The second-order valence-corrected chi connectivity index (χ2v) is 6.83. The number of nitro benzene ring substituents is 1. The molecule has 2 aromatic rings. The van der Waals surface area contributed by atoms with Crippen LogP contribution in [0, 0.1) is 29.8 Å². The summed E-state index contributed by atoms with van der Waals surface area (Å²) in [5.74, 6) is -1.24. The Bertz CT molecular complexity index is 795. The highest BCUT2D eigenvalue weighted by Crippen LogP contribution is 2.27. The van der Waals surface area contributed by atoms with Crippen LogP contribution < -0.4 is 5.32 Å². The molecule has 0 fully saturated rings. The lowest BCUT2D eigenvalue weighted by Crippen LogP contribution is -2.22. The van der Waals surface area contributed by atoms with Crippen molar-refractivity contribution < 1.29 is 14.1 Å². The molecule has 2 rings (SSSR count). The van der Waals surface area contributed by atoms with E-state index in [-0.39, 0.29) is 11.6 Å². The van der Waals surface area contributed by atoms with Crippen LogP contribution in [0.2, 0.25) is 0 Å². The molecule has 1 amide bonds. The summed E-state index contributed by atoms with van der Waals surface area (Å²) in [5, 5.41) is 12.9. The van der Waals surface area contributed by atoms with Crippen LogP contribution in [0.5, 0.6) is 0 Å². The molecule has 0 spiro atoms. The molecule has 7 heteroatoms. The molecule has 0 aliphatic carbocycles. The van der Waals surface area contributed by atoms with Gasteiger partial charge in [-0.1, -0.05) is 6.07 Å². The first-order valence-corrected chi connectivity index (χ1v) is 8.14. The van der Waals surface area contributed by atoms with Crippen LogP contribution in [0.15, 0.2) is 41.3 Å². The van der Waals surface area contributed by atoms with E-state index < -0.39 is 21.7 Å². The van der Waals surface area contributed by atoms with Gasteiger partial charge in [0, 0.05) is 16.6 Å². The van der Waals surface area contributed by atoms with Crippen molar-refractivity contribution in [3.8, 4) is 0 Å². The SMILES string of the molecule is Cc1ccc(S[C@H](C)C(=O)Nc2ccc(F)c([N+](=O)[O-])c2)cc1C. The lowest BCUT2D eigenvalue weighted by Gasteiger charge is -2.13. The number of carbonyl (C=O) groups excluding carboxylic acids is 1. The van der Waals surface area contributed by atoms with Gasteiger partial charge in [0.15, 0.2) is 0 Å². The third-order valence-electron chi connectivity index (χ3n) is 3.57. The lowest BCUT2D eigenvalue weighted by molar-refractivity contribution is -0.387. The van der Waals surface area contributed by atoms with E-state index in [1.807, 2.05) is 32.0 Å². The Labute approximate surface area is 143 Å². The highest BCUT2D eigenvalue weighted by atomic mass is 32.2. The molecule has 0 saturated heterocycles. The monoisotopic (exact) mass is 348 g/mol. The number of nitrogens with one attached hydrogen (secondary N) is 1. The van der Waals surface area contributed by atoms with Crippen molar-refractivity contribution in [2.75, 3.05) is 5.32 Å². The molecule has 1 N–H and O–H groups in total. The smallest absolute Gasteiger partial charge is 0.306 e. The van der Waals surface area contributed by atoms with Gasteiger partial charge in [-0.05, 0) is 56.2 Å². The van der Waals surface area contributed by atoms with Crippen LogP contribution in [0.3, 0.4) is 0 Å². The summed E-state index contributed by atoms with van der Waals surface area (Å²) in [4.78, 5) is 23.1. The number of amides is 1. The summed E-state index contributed by atoms with van der Waals surface area (Å²) in [5.41, 5.74) is 1.85. The predicted octanol–water partition coefficient (Wildman–Crippen LogP) is 4.47. The van der Waals surface area contributed by atoms with Crippen LogP contribution in [0.4, 0.5) is 15.8 Å². The van der Waals surface area contributed by atoms with Gasteiger partial charge in [-0.3, -0.25) is 14.9 Å². The molecule has 0 aliphatic rings. The number of nitro groups is 1. The summed E-state index contributed by atoms with van der Waals surface area (Å²) < 4.78 is 13.3. The molecular formula is C17H17FN2O3S. The van der Waals surface area contributed by atoms with E-state index in [1.54, 1.807) is 6.92 Å². The van der Waals surface area contributed by atoms with E-state index in [1.165, 1.54) is 23.4 Å². The Morgan fingerprint density at radius 3 is 2.54 bits per heavy atom. The third-order valence-corrected chi connectivity index (χ3v) is 4.66. The number of benzene rings is 2. The summed E-state index contributed by atoms with van der Waals surface area (Å²) in [6.07, 6.45) is 0. The van der Waals surface area contributed by atoms with Gasteiger partial charge in [0.2, 0.25) is 11.7 Å². The molecule has 5 nitrogen and oxygen atoms in total. The van der Waals surface area contributed by atoms with Crippen LogP contribution in [-0.2, 0) is 4.79 Å². The van der Waals surface area contributed by atoms with Crippen molar-refractivity contribution in [2.24, 2.45) is 0 Å². The zero-order valence-corrected chi connectivity index (χ0v) is 14.3. The Morgan fingerprint density at radius 1 is 1.21 bits per heavy atom. The van der Waals surface area contributed by atoms with Crippen molar-refractivity contribution in [1.29, 1.82) is 0 Å². The second kappa shape index (κ2) is 7.44. The highest BCUT2D eigenvalue weighted by Gasteiger charge is 2.18. The molecule has 1 atom stereocenters. The third kappa shape index (κ3) is 4.32. The van der Waals surface area contributed by atoms with Gasteiger partial charge in [0.05, 0.1) is 10.2 Å². The van der Waals surface area contributed by atoms with Crippen molar-refractivity contribution in [1.82, 2.24) is 0 Å². The number of thioether (sulfide) groups is 1. The van der Waals surface area contributed by atoms with Crippen molar-refractivity contribution in [3.05, 3.63) is 63.5 Å². The van der Waals surface area contributed by atoms with Crippen LogP contribution in [0.25, 0.3) is 0 Å². The fourth-order valence-electron chi connectivity index (χ4n) is 2.02. The van der Waals surface area contributed by atoms with E-state index in [4.69, 9.17) is 0 Å². The van der Waals surface area contributed by atoms with Crippen LogP contribution >= 0.6 is 11.8 Å². The Kier molecular flexibility index (Phi) is 5.56. The number of anilines is 1. The number of hydrogen-bond donors (Lipinski definition) is 1. The summed E-state index contributed by atoms with van der Waals surface area (Å²) >= 11 is 1.39. The maximum Gasteiger partial charge on any atom is 0.306 e. The number of aryl methyl sites for hydroxylation is 2. The summed E-state index contributed by atoms with van der Waals surface area (Å²) in [6, 6.07) is 9.22. The standard InChI is InChI=1S/C17H17FN2O3S/c1-10-4-6-14(8-11(10)2)24-12(3)17(21)19-13-5-7-15(18)16(9-13)20(22)23/h4-9,12H,1-3H3,(H,19,21)/t12-/m1/s1. The van der Waals surface area contributed by atoms with Crippen LogP contribution in [-0.4, -0.2) is 16.1 Å². The Balaban J connectivity index is 2.07. The first-order chi connectivity index (χ1) is 11.3. The predicted molar refractivity (Wildman–Crippen MR) is 92.9 cm³/mol. The Morgan fingerprint density at radius 2 is 1.92 bits per heavy atom. The molecular weight excluding hydrogens is 331 g/mol. The van der Waals surface area contributed by atoms with E-state index in [0.717, 1.165) is 22.6 Å². The number of hydrogen-bond acceptors (Lipinski definition) is 4. The van der Waals surface area contributed by atoms with Crippen molar-refractivity contribution >= 4 is 29.0 Å². The molecule has 126 valence electrons. The zero-order chi connectivity index (χ0) is 17.9. The molecule has 0 radical (unpaired) electrons. The van der Waals surface area contributed by atoms with E-state index >= 15 is 0 Å². The van der Waals surface area contributed by atoms with E-state index in [0.29, 0.717) is 0 Å². The first-order valence-electron chi connectivity index (χ1n) is 7.26. The maximum absolute atomic E-state index is 13.3. The minimum atomic E-state index is -0.935. The largest absolute Gasteiger partial charge is 0.325 e. The molecule has 2 aromatic carbocycles. The van der Waals surface area contributed by atoms with Crippen molar-refractivity contribution in [2.45, 2.75) is 30.9 Å². The topological polar surface area (TPSA) is 72.2 Å². The van der Waals surface area contributed by atoms with E-state index in [2.05, 4.69) is 5.32 Å². The average molecular weight is 348 g/mol. The van der Waals surface area contributed by atoms with Gasteiger partial charge in [0.1, 0.15) is 0 Å². The summed E-state index contributed by atoms with van der Waals surface area (Å²) in [6.45, 7) is 5.76. The molecule has 0 bridgehead atoms. The van der Waals surface area contributed by atoms with Gasteiger partial charge in [-0.25, -0.2) is 0 Å². The van der Waals surface area contributed by atoms with Gasteiger partial charge < -0.3 is 5.32 Å². The number of halogens is 1. The van der Waals surface area contributed by atoms with Gasteiger partial charge in [-0.15, -0.1) is 11.8 Å². The highest BCUT2D eigenvalue weighted by molar-refractivity contribution is 8.00. The number of carbonyl (C=O) groups is 1. The summed E-state index contributed by atoms with van der Waals surface area (Å²) in [7, 11) is 0. The van der Waals surface area contributed by atoms with Gasteiger partial charge >= 0.3 is 5.69 Å². The fraction of sp³-hybridized carbons (Fsp3) is 0.235. The minimum absolute atomic E-state index is 0.195. The Hall–Kier alpha value is -2.41. The minimum Gasteiger partial charge on any atom is -0.325 e. The van der Waals surface area contributed by atoms with Crippen molar-refractivity contribution in [3.63, 3.8) is 0 Å². The lowest BCUT2D eigenvalue weighted by atomic mass is 10.1. The van der Waals surface area contributed by atoms with Crippen LogP contribution in [0.1, 0.15) is 18.1 Å². The molecule has 24 heavy (non-hydrogen) atoms.